The third kappa shape index (κ3) is 2.67. The second-order valence-electron chi connectivity index (χ2n) is 8.13. The monoisotopic (exact) mass is 404 g/mol. The first-order chi connectivity index (χ1) is 14.5. The molecule has 2 N–H and O–H groups in total. The SMILES string of the molecule is Cc1c(C(N)=O)c2ccccc2n2c(N3CCCC3)nc(-c3noc(C(C)C)n3)c12. The van der Waals surface area contributed by atoms with Crippen LogP contribution in [0.2, 0.25) is 0 Å². The van der Waals surface area contributed by atoms with Crippen molar-refractivity contribution < 1.29 is 9.32 Å². The maximum absolute atomic E-state index is 12.4. The van der Waals surface area contributed by atoms with Crippen molar-refractivity contribution >= 4 is 28.3 Å². The van der Waals surface area contributed by atoms with Crippen LogP contribution in [0.3, 0.4) is 0 Å². The van der Waals surface area contributed by atoms with Gasteiger partial charge in [0.05, 0.1) is 16.6 Å². The van der Waals surface area contributed by atoms with Crippen molar-refractivity contribution in [2.45, 2.75) is 39.5 Å². The van der Waals surface area contributed by atoms with Crippen molar-refractivity contribution in [1.82, 2.24) is 19.5 Å². The minimum absolute atomic E-state index is 0.112. The summed E-state index contributed by atoms with van der Waals surface area (Å²) >= 11 is 0. The lowest BCUT2D eigenvalue weighted by Gasteiger charge is -2.18. The molecule has 154 valence electrons. The van der Waals surface area contributed by atoms with Crippen molar-refractivity contribution in [2.75, 3.05) is 18.0 Å². The lowest BCUT2D eigenvalue weighted by Crippen LogP contribution is -2.21. The number of nitrogens with zero attached hydrogens (tertiary/aromatic N) is 5. The zero-order valence-electron chi connectivity index (χ0n) is 17.3. The van der Waals surface area contributed by atoms with E-state index in [1.165, 1.54) is 0 Å². The van der Waals surface area contributed by atoms with Gasteiger partial charge in [-0.2, -0.15) is 4.98 Å². The van der Waals surface area contributed by atoms with Gasteiger partial charge in [-0.15, -0.1) is 0 Å². The van der Waals surface area contributed by atoms with Gasteiger partial charge in [-0.3, -0.25) is 9.20 Å². The predicted molar refractivity (Wildman–Crippen MR) is 115 cm³/mol. The van der Waals surface area contributed by atoms with Gasteiger partial charge in [-0.1, -0.05) is 37.2 Å². The second kappa shape index (κ2) is 6.83. The molecule has 8 nitrogen and oxygen atoms in total. The number of amides is 1. The van der Waals surface area contributed by atoms with Gasteiger partial charge in [-0.25, -0.2) is 4.98 Å². The molecule has 3 aromatic heterocycles. The van der Waals surface area contributed by atoms with Crippen LogP contribution in [-0.2, 0) is 0 Å². The number of hydrogen-bond acceptors (Lipinski definition) is 6. The molecule has 1 aromatic carbocycles. The lowest BCUT2D eigenvalue weighted by atomic mass is 10.0. The van der Waals surface area contributed by atoms with E-state index < -0.39 is 5.91 Å². The van der Waals surface area contributed by atoms with Crippen LogP contribution >= 0.6 is 0 Å². The predicted octanol–water partition coefficient (Wildman–Crippen LogP) is 3.67. The molecule has 1 saturated heterocycles. The Morgan fingerprint density at radius 1 is 1.17 bits per heavy atom. The van der Waals surface area contributed by atoms with Crippen LogP contribution in [0.5, 0.6) is 0 Å². The van der Waals surface area contributed by atoms with E-state index in [-0.39, 0.29) is 5.92 Å². The number of rotatable bonds is 4. The van der Waals surface area contributed by atoms with Gasteiger partial charge in [-0.05, 0) is 31.4 Å². The Kier molecular flexibility index (Phi) is 4.23. The minimum Gasteiger partial charge on any atom is -0.366 e. The molecule has 1 aliphatic heterocycles. The molecule has 1 aliphatic rings. The fourth-order valence-electron chi connectivity index (χ4n) is 4.35. The van der Waals surface area contributed by atoms with E-state index in [2.05, 4.69) is 19.4 Å². The van der Waals surface area contributed by atoms with Crippen LogP contribution < -0.4 is 10.6 Å². The highest BCUT2D eigenvalue weighted by Crippen LogP contribution is 2.37. The number of nitrogens with two attached hydrogens (primary N) is 1. The normalized spacial score (nSPS) is 14.5. The van der Waals surface area contributed by atoms with E-state index in [0.717, 1.165) is 53.9 Å². The van der Waals surface area contributed by atoms with E-state index >= 15 is 0 Å². The second-order valence-corrected chi connectivity index (χ2v) is 8.13. The fraction of sp³-hybridized carbons (Fsp3) is 0.364. The first-order valence-corrected chi connectivity index (χ1v) is 10.3. The van der Waals surface area contributed by atoms with Crippen LogP contribution in [0.25, 0.3) is 27.9 Å². The molecular formula is C22H24N6O2. The summed E-state index contributed by atoms with van der Waals surface area (Å²) in [5.41, 5.74) is 9.36. The van der Waals surface area contributed by atoms with Gasteiger partial charge in [0.2, 0.25) is 23.6 Å². The molecule has 0 atom stereocenters. The summed E-state index contributed by atoms with van der Waals surface area (Å²) in [6, 6.07) is 7.80. The molecule has 0 radical (unpaired) electrons. The number of aromatic nitrogens is 4. The average molecular weight is 404 g/mol. The highest BCUT2D eigenvalue weighted by molar-refractivity contribution is 6.10. The first kappa shape index (κ1) is 18.6. The maximum Gasteiger partial charge on any atom is 0.249 e. The van der Waals surface area contributed by atoms with Crippen molar-refractivity contribution in [2.24, 2.45) is 5.73 Å². The lowest BCUT2D eigenvalue weighted by molar-refractivity contribution is 0.100. The summed E-state index contributed by atoms with van der Waals surface area (Å²) in [7, 11) is 0. The summed E-state index contributed by atoms with van der Waals surface area (Å²) in [6.07, 6.45) is 2.25. The molecule has 30 heavy (non-hydrogen) atoms. The van der Waals surface area contributed by atoms with E-state index in [0.29, 0.717) is 23.0 Å². The van der Waals surface area contributed by atoms with Crippen LogP contribution in [0.1, 0.15) is 54.4 Å². The third-order valence-corrected chi connectivity index (χ3v) is 5.79. The molecule has 4 aromatic rings. The number of primary amides is 1. The molecule has 0 aliphatic carbocycles. The summed E-state index contributed by atoms with van der Waals surface area (Å²) in [6.45, 7) is 7.79. The Morgan fingerprint density at radius 3 is 2.57 bits per heavy atom. The van der Waals surface area contributed by atoms with Crippen molar-refractivity contribution in [3.8, 4) is 11.5 Å². The van der Waals surface area contributed by atoms with Gasteiger partial charge in [0.1, 0.15) is 5.69 Å². The van der Waals surface area contributed by atoms with E-state index in [1.807, 2.05) is 45.0 Å². The molecule has 0 spiro atoms. The highest BCUT2D eigenvalue weighted by atomic mass is 16.5. The van der Waals surface area contributed by atoms with Gasteiger partial charge < -0.3 is 15.2 Å². The summed E-state index contributed by atoms with van der Waals surface area (Å²) < 4.78 is 7.57. The van der Waals surface area contributed by atoms with E-state index in [9.17, 15) is 4.79 Å². The van der Waals surface area contributed by atoms with E-state index in [1.54, 1.807) is 0 Å². The molecule has 0 saturated carbocycles. The fourth-order valence-corrected chi connectivity index (χ4v) is 4.35. The summed E-state index contributed by atoms with van der Waals surface area (Å²) in [5.74, 6) is 1.47. The minimum atomic E-state index is -0.461. The van der Waals surface area contributed by atoms with Gasteiger partial charge in [0, 0.05) is 24.4 Å². The number of pyridine rings is 1. The molecule has 1 fully saturated rings. The quantitative estimate of drug-likeness (QED) is 0.557. The third-order valence-electron chi connectivity index (χ3n) is 5.79. The Labute approximate surface area is 173 Å². The molecule has 0 unspecified atom stereocenters. The van der Waals surface area contributed by atoms with Crippen LogP contribution in [0, 0.1) is 6.92 Å². The Morgan fingerprint density at radius 2 is 1.90 bits per heavy atom. The summed E-state index contributed by atoms with van der Waals surface area (Å²) in [5, 5.41) is 5.01. The number of benzene rings is 1. The Hall–Kier alpha value is -3.42. The van der Waals surface area contributed by atoms with Gasteiger partial charge >= 0.3 is 0 Å². The molecular weight excluding hydrogens is 380 g/mol. The molecule has 4 heterocycles. The number of para-hydroxylation sites is 1. The van der Waals surface area contributed by atoms with Crippen molar-refractivity contribution in [1.29, 1.82) is 0 Å². The highest BCUT2D eigenvalue weighted by Gasteiger charge is 2.28. The van der Waals surface area contributed by atoms with Gasteiger partial charge in [0.15, 0.2) is 0 Å². The largest absolute Gasteiger partial charge is 0.366 e. The smallest absolute Gasteiger partial charge is 0.249 e. The number of aryl methyl sites for hydroxylation is 1. The standard InChI is InChI=1S/C22H24N6O2/c1-12(2)21-25-20(26-30-21)17-18-13(3)16(19(23)29)14-8-4-5-9-15(14)28(18)22(24-17)27-10-6-7-11-27/h4-5,8-9,12H,6-7,10-11H2,1-3H3,(H2,23,29). The zero-order valence-corrected chi connectivity index (χ0v) is 17.3. The van der Waals surface area contributed by atoms with Gasteiger partial charge in [0.25, 0.3) is 0 Å². The average Bonchev–Trinajstić information content (AvgIpc) is 3.46. The topological polar surface area (TPSA) is 103 Å². The zero-order chi connectivity index (χ0) is 21.0. The number of imidazole rings is 1. The van der Waals surface area contributed by atoms with Crippen LogP contribution in [-0.4, -0.2) is 38.5 Å². The Balaban J connectivity index is 1.92. The maximum atomic E-state index is 12.4. The van der Waals surface area contributed by atoms with E-state index in [4.69, 9.17) is 15.2 Å². The molecule has 8 heteroatoms. The van der Waals surface area contributed by atoms with Crippen molar-refractivity contribution in [3.63, 3.8) is 0 Å². The summed E-state index contributed by atoms with van der Waals surface area (Å²) in [4.78, 5) is 24.2. The number of carbonyl (C=O) groups is 1. The molecule has 0 bridgehead atoms. The number of carbonyl (C=O) groups excluding carboxylic acids is 1. The van der Waals surface area contributed by atoms with Crippen LogP contribution in [0.4, 0.5) is 5.95 Å². The number of fused-ring (bicyclic) bond motifs is 3. The molecule has 1 amide bonds. The number of hydrogen-bond donors (Lipinski definition) is 1. The van der Waals surface area contributed by atoms with Crippen molar-refractivity contribution in [3.05, 3.63) is 41.3 Å². The van der Waals surface area contributed by atoms with Crippen LogP contribution in [0.15, 0.2) is 28.8 Å². The Bertz CT molecular complexity index is 1280. The molecule has 5 rings (SSSR count). The first-order valence-electron chi connectivity index (χ1n) is 10.3. The number of anilines is 1.